The van der Waals surface area contributed by atoms with Gasteiger partial charge in [0.1, 0.15) is 17.5 Å². The maximum atomic E-state index is 17.8. The summed E-state index contributed by atoms with van der Waals surface area (Å²) in [4.78, 5) is 20.6. The molecule has 0 aromatic heterocycles. The predicted molar refractivity (Wildman–Crippen MR) is 409 cm³/mol. The zero-order valence-electron chi connectivity index (χ0n) is 55.8. The smallest absolute Gasteiger partial charge is 0.324 e. The number of aromatic hydroxyl groups is 2. The highest BCUT2D eigenvalue weighted by Gasteiger charge is 2.81. The molecule has 5 nitrogen and oxygen atoms in total. The van der Waals surface area contributed by atoms with Gasteiger partial charge in [-0.2, -0.15) is 0 Å². The number of hydrogen-bond donors (Lipinski definition) is 2. The Morgan fingerprint density at radius 1 is 0.316 bits per heavy atom. The van der Waals surface area contributed by atoms with Gasteiger partial charge in [-0.15, -0.1) is 0 Å². The molecule has 30 aromatic carbocycles. The van der Waals surface area contributed by atoms with E-state index in [4.69, 9.17) is 4.74 Å². The van der Waals surface area contributed by atoms with Crippen LogP contribution in [-0.4, -0.2) is 34.2 Å². The van der Waals surface area contributed by atoms with Gasteiger partial charge in [0.15, 0.2) is 0 Å². The van der Waals surface area contributed by atoms with Gasteiger partial charge in [-0.25, -0.2) is 0 Å². The highest BCUT2D eigenvalue weighted by molar-refractivity contribution is 6.82. The van der Waals surface area contributed by atoms with Gasteiger partial charge in [-0.1, -0.05) is 95.2 Å². The van der Waals surface area contributed by atoms with E-state index in [0.29, 0.717) is 18.0 Å². The number of ether oxygens (including phenoxy) is 1. The van der Waals surface area contributed by atoms with E-state index in [2.05, 4.69) is 112 Å². The van der Waals surface area contributed by atoms with Crippen molar-refractivity contribution in [3.63, 3.8) is 0 Å². The summed E-state index contributed by atoms with van der Waals surface area (Å²) in [6.45, 7) is 27.6. The number of hydrogen-bond acceptors (Lipinski definition) is 5. The van der Waals surface area contributed by atoms with Crippen LogP contribution < -0.4 is 0 Å². The summed E-state index contributed by atoms with van der Waals surface area (Å²) in [6, 6.07) is 8.22. The Morgan fingerprint density at radius 2 is 0.500 bits per heavy atom. The number of phenols is 2. The molecule has 2 unspecified atom stereocenters. The van der Waals surface area contributed by atoms with Crippen LogP contribution in [0, 0.1) is 0 Å². The largest absolute Gasteiger partial charge is 0.507 e. The Bertz CT molecular complexity index is 8540. The number of esters is 1. The first-order chi connectivity index (χ1) is 47.1. The SMILES string of the molecule is COC(=O)C1N(Cc2cc(C(C)(C)C)c(O)c(C(C)(C)C)c2)C(c2cc(C(C)(C)C)c(O)c(C(C)(C)C)c2)C23c4c5c6c7c8c9c(c%10c%11c2c2c4c4c%12c5c5c6c6c8c8c%13c9c9c%10c%10c%11c%11c2c2c4c4c%12c%12c5c5c6c8c6c8c%13c9c9c%10c%10c%11c2c2c4c4c%12c5c6c5c8c9c%10c2c45)C713. The van der Waals surface area contributed by atoms with Crippen LogP contribution in [0.1, 0.15) is 145 Å². The topological polar surface area (TPSA) is 70.0 Å². The third-order valence-electron chi connectivity index (χ3n) is 31.6. The molecule has 0 amide bonds. The summed E-state index contributed by atoms with van der Waals surface area (Å²) >= 11 is 0. The molecule has 1 saturated heterocycles. The lowest BCUT2D eigenvalue weighted by Crippen LogP contribution is -2.57. The van der Waals surface area contributed by atoms with Crippen LogP contribution >= 0.6 is 0 Å². The normalized spacial score (nSPS) is 21.9. The van der Waals surface area contributed by atoms with Gasteiger partial charge in [0.05, 0.1) is 24.0 Å². The molecule has 5 aliphatic rings. The van der Waals surface area contributed by atoms with Crippen molar-refractivity contribution in [3.8, 4) is 11.5 Å². The molecular formula is C93H49NO4. The average molecular weight is 1240 g/mol. The van der Waals surface area contributed by atoms with Crippen molar-refractivity contribution in [2.24, 2.45) is 0 Å². The van der Waals surface area contributed by atoms with Crippen LogP contribution in [0.3, 0.4) is 0 Å². The first-order valence-corrected chi connectivity index (χ1v) is 36.4. The molecule has 98 heavy (non-hydrogen) atoms. The van der Waals surface area contributed by atoms with Crippen molar-refractivity contribution in [1.82, 2.24) is 4.90 Å². The maximum Gasteiger partial charge on any atom is 0.324 e. The van der Waals surface area contributed by atoms with Crippen molar-refractivity contribution in [1.29, 1.82) is 0 Å². The number of nitrogens with zero attached hydrogens (tertiary/aromatic N) is 1. The van der Waals surface area contributed by atoms with Crippen LogP contribution in [0.5, 0.6) is 11.5 Å². The number of benzene rings is 20. The van der Waals surface area contributed by atoms with Crippen molar-refractivity contribution < 1.29 is 19.7 Å². The molecule has 1 fully saturated rings. The van der Waals surface area contributed by atoms with E-state index in [-0.39, 0.29) is 5.97 Å². The summed E-state index contributed by atoms with van der Waals surface area (Å²) < 4.78 is 6.92. The minimum Gasteiger partial charge on any atom is -0.507 e. The number of rotatable bonds is 4. The molecule has 2 N–H and O–H groups in total. The highest BCUT2D eigenvalue weighted by Crippen LogP contribution is 2.88. The molecule has 0 radical (unpaired) electrons. The lowest BCUT2D eigenvalue weighted by atomic mass is 9.46. The van der Waals surface area contributed by atoms with Gasteiger partial charge in [0.2, 0.25) is 0 Å². The van der Waals surface area contributed by atoms with E-state index in [1.807, 2.05) is 0 Å². The van der Waals surface area contributed by atoms with Crippen LogP contribution in [0.25, 0.3) is 291 Å². The van der Waals surface area contributed by atoms with Crippen molar-refractivity contribution in [2.45, 2.75) is 134 Å². The molecule has 0 bridgehead atoms. The van der Waals surface area contributed by atoms with Crippen molar-refractivity contribution >= 4 is 297 Å². The summed E-state index contributed by atoms with van der Waals surface area (Å²) in [5.74, 6) is 0.558. The Morgan fingerprint density at radius 3 is 0.694 bits per heavy atom. The summed E-state index contributed by atoms with van der Waals surface area (Å²) in [5, 5.41) is 108. The maximum absolute atomic E-state index is 17.8. The Labute approximate surface area is 550 Å². The summed E-state index contributed by atoms with van der Waals surface area (Å²) in [7, 11) is 1.70. The van der Waals surface area contributed by atoms with Crippen LogP contribution in [0.15, 0.2) is 24.3 Å². The fourth-order valence-electron chi connectivity index (χ4n) is 30.1. The first kappa shape index (κ1) is 45.4. The highest BCUT2D eigenvalue weighted by atomic mass is 16.5. The summed E-state index contributed by atoms with van der Waals surface area (Å²) in [5.41, 5.74) is 8.03. The predicted octanol–water partition coefficient (Wildman–Crippen LogP) is 23.7. The van der Waals surface area contributed by atoms with Gasteiger partial charge in [-0.3, -0.25) is 9.69 Å². The van der Waals surface area contributed by atoms with Crippen LogP contribution in [0.2, 0.25) is 0 Å². The summed E-state index contributed by atoms with van der Waals surface area (Å²) in [6.07, 6.45) is 0. The van der Waals surface area contributed by atoms with E-state index >= 15 is 4.79 Å². The Balaban J connectivity index is 0.941. The number of likely N-dealkylation sites (tertiary alicyclic amines) is 1. The van der Waals surface area contributed by atoms with Crippen molar-refractivity contribution in [2.75, 3.05) is 7.11 Å². The molecule has 30 aromatic rings. The standard InChI is InChI=1S/C93H49NO4/c1-88(2,3)21-14-19(15-22(83(21)95)89(4,5)6)18-94-85(20-16-23(90(7,8)9)84(96)24(17-20)91(10,11)12)92-79-71-63-53-43-35-27-25-26-29-33-31(27)39-47-41(33)51-45-37(29)38-30(26)34-32-28(25)36(35)44-50-40(32)48-42(34)52-46(38)56-55(45)65-59(51)69-61(47)67(57(63)49(39)43)73(79)77(69)81-75(65)76-66(56)60(52)70-62(48)68-58(50)64(54(44)53)72(71)80(92)74(68)78(70)82(76)93(81,92)86(94)87(97)98-13/h14-17,85-86,95-96H,18H2,1-13H3. The molecule has 450 valence electrons. The zero-order valence-corrected chi connectivity index (χ0v) is 55.8. The van der Waals surface area contributed by atoms with Crippen LogP contribution in [-0.2, 0) is 48.6 Å². The lowest BCUT2D eigenvalue weighted by Gasteiger charge is -2.53. The Kier molecular flexibility index (Phi) is 5.08. The second kappa shape index (κ2) is 11.0. The molecule has 0 saturated carbocycles. The van der Waals surface area contributed by atoms with Gasteiger partial charge in [0, 0.05) is 6.54 Å². The molecule has 1 heterocycles. The third kappa shape index (κ3) is 3.02. The number of methoxy groups -OCH3 is 1. The monoisotopic (exact) mass is 1240 g/mol. The van der Waals surface area contributed by atoms with Crippen LogP contribution in [0.4, 0.5) is 0 Å². The Hall–Kier alpha value is -10.1. The fraction of sp³-hybridized carbons (Fsp3) is 0.237. The molecule has 2 spiro atoms. The minimum atomic E-state index is -1.05. The van der Waals surface area contributed by atoms with E-state index in [1.54, 1.807) is 126 Å². The molecule has 4 aliphatic carbocycles. The van der Waals surface area contributed by atoms with Gasteiger partial charge < -0.3 is 14.9 Å². The lowest BCUT2D eigenvalue weighted by molar-refractivity contribution is -0.148. The van der Waals surface area contributed by atoms with E-state index in [9.17, 15) is 10.2 Å². The van der Waals surface area contributed by atoms with E-state index in [1.165, 1.54) is 195 Å². The van der Waals surface area contributed by atoms with Gasteiger partial charge in [0.25, 0.3) is 0 Å². The second-order valence-corrected chi connectivity index (χ2v) is 38.4. The number of carbonyl (C=O) groups excluding carboxylic acids is 1. The quantitative estimate of drug-likeness (QED) is 0.136. The van der Waals surface area contributed by atoms with E-state index < -0.39 is 44.6 Å². The second-order valence-electron chi connectivity index (χ2n) is 38.4. The van der Waals surface area contributed by atoms with Gasteiger partial charge in [-0.05, 0) is 380 Å². The zero-order chi connectivity index (χ0) is 63.7. The average Bonchev–Trinajstić information content (AvgIpc) is 1.38. The van der Waals surface area contributed by atoms with Gasteiger partial charge >= 0.3 is 5.97 Å². The molecule has 35 rings (SSSR count). The molecular weight excluding hydrogens is 1200 g/mol. The first-order valence-electron chi connectivity index (χ1n) is 36.4. The molecule has 1 aliphatic heterocycles. The van der Waals surface area contributed by atoms with Crippen molar-refractivity contribution in [3.05, 3.63) is 79.9 Å². The molecule has 2 atom stereocenters. The number of carbonyl (C=O) groups is 1. The number of phenolic OH excluding ortho intramolecular Hbond substituents is 2. The van der Waals surface area contributed by atoms with E-state index in [0.717, 1.165) is 33.4 Å². The minimum absolute atomic E-state index is 0.180. The fourth-order valence-corrected chi connectivity index (χ4v) is 30.1. The third-order valence-corrected chi connectivity index (χ3v) is 31.6. The molecule has 5 heteroatoms.